The molecule has 0 saturated heterocycles. The van der Waals surface area contributed by atoms with Gasteiger partial charge in [0.15, 0.2) is 0 Å². The Morgan fingerprint density at radius 3 is 2.64 bits per heavy atom. The fraction of sp³-hybridized carbons (Fsp3) is 0.294. The van der Waals surface area contributed by atoms with Crippen LogP contribution in [0.4, 0.5) is 5.69 Å². The number of nitrogens with one attached hydrogen (secondary N) is 1. The average Bonchev–Trinajstić information content (AvgIpc) is 2.53. The zero-order valence-corrected chi connectivity index (χ0v) is 13.3. The molecule has 0 spiro atoms. The van der Waals surface area contributed by atoms with E-state index in [0.29, 0.717) is 0 Å². The van der Waals surface area contributed by atoms with Gasteiger partial charge in [-0.3, -0.25) is 4.18 Å². The third-order valence-electron chi connectivity index (χ3n) is 3.94. The number of hydrogen-bond donors (Lipinski definition) is 1. The molecule has 3 rings (SSSR count). The maximum absolute atomic E-state index is 12.3. The third-order valence-corrected chi connectivity index (χ3v) is 5.24. The van der Waals surface area contributed by atoms with Crippen LogP contribution < -0.4 is 5.32 Å². The van der Waals surface area contributed by atoms with Crippen molar-refractivity contribution in [3.8, 4) is 0 Å². The maximum atomic E-state index is 12.3. The minimum Gasteiger partial charge on any atom is -0.385 e. The van der Waals surface area contributed by atoms with E-state index in [4.69, 9.17) is 4.18 Å². The van der Waals surface area contributed by atoms with Gasteiger partial charge in [-0.05, 0) is 37.1 Å². The first-order chi connectivity index (χ1) is 10.6. The normalized spacial score (nSPS) is 17.6. The summed E-state index contributed by atoms with van der Waals surface area (Å²) < 4.78 is 29.8. The van der Waals surface area contributed by atoms with Crippen molar-refractivity contribution in [1.29, 1.82) is 0 Å². The predicted octanol–water partition coefficient (Wildman–Crippen LogP) is 3.30. The topological polar surface area (TPSA) is 55.4 Å². The molecule has 0 aliphatic carbocycles. The molecule has 1 heterocycles. The summed E-state index contributed by atoms with van der Waals surface area (Å²) in [6.07, 6.45) is 0.862. The summed E-state index contributed by atoms with van der Waals surface area (Å²) in [5, 5.41) is 3.32. The summed E-state index contributed by atoms with van der Waals surface area (Å²) in [6, 6.07) is 14.7. The molecule has 5 heteroatoms. The molecular formula is C17H19NO3S. The van der Waals surface area contributed by atoms with Crippen LogP contribution >= 0.6 is 0 Å². The van der Waals surface area contributed by atoms with Crippen LogP contribution in [0.1, 0.15) is 23.5 Å². The second-order valence-electron chi connectivity index (χ2n) is 5.55. The molecule has 1 atom stereocenters. The van der Waals surface area contributed by atoms with E-state index in [9.17, 15) is 8.42 Å². The zero-order chi connectivity index (χ0) is 15.6. The number of rotatable bonds is 4. The molecule has 1 unspecified atom stereocenters. The van der Waals surface area contributed by atoms with E-state index in [1.807, 2.05) is 31.2 Å². The van der Waals surface area contributed by atoms with E-state index < -0.39 is 10.1 Å². The van der Waals surface area contributed by atoms with Crippen molar-refractivity contribution in [1.82, 2.24) is 0 Å². The van der Waals surface area contributed by atoms with E-state index in [1.165, 1.54) is 0 Å². The molecule has 1 aliphatic rings. The highest BCUT2D eigenvalue weighted by atomic mass is 32.2. The molecule has 4 nitrogen and oxygen atoms in total. The lowest BCUT2D eigenvalue weighted by atomic mass is 9.92. The average molecular weight is 317 g/mol. The van der Waals surface area contributed by atoms with Gasteiger partial charge in [0.2, 0.25) is 0 Å². The summed E-state index contributed by atoms with van der Waals surface area (Å²) in [5.41, 5.74) is 3.20. The van der Waals surface area contributed by atoms with Crippen molar-refractivity contribution >= 4 is 15.8 Å². The quantitative estimate of drug-likeness (QED) is 0.879. The highest BCUT2D eigenvalue weighted by Gasteiger charge is 2.23. The standard InChI is InChI=1S/C17H19NO3S/c1-13-6-8-15(9-7-13)22(19,20)21-12-14-10-11-18-17-5-3-2-4-16(14)17/h2-9,14,18H,10-12H2,1H3. The SMILES string of the molecule is Cc1ccc(S(=O)(=O)OCC2CCNc3ccccc32)cc1. The fourth-order valence-electron chi connectivity index (χ4n) is 2.67. The van der Waals surface area contributed by atoms with Crippen molar-refractivity contribution in [2.45, 2.75) is 24.2 Å². The molecule has 1 aliphatic heterocycles. The monoisotopic (exact) mass is 317 g/mol. The van der Waals surface area contributed by atoms with E-state index in [1.54, 1.807) is 24.3 Å². The lowest BCUT2D eigenvalue weighted by Crippen LogP contribution is -2.21. The minimum absolute atomic E-state index is 0.0951. The maximum Gasteiger partial charge on any atom is 0.296 e. The molecule has 0 saturated carbocycles. The number of fused-ring (bicyclic) bond motifs is 1. The lowest BCUT2D eigenvalue weighted by Gasteiger charge is -2.26. The summed E-state index contributed by atoms with van der Waals surface area (Å²) in [6.45, 7) is 2.92. The van der Waals surface area contributed by atoms with Crippen LogP contribution in [0.5, 0.6) is 0 Å². The van der Waals surface area contributed by atoms with Gasteiger partial charge in [0.05, 0.1) is 11.5 Å². The highest BCUT2D eigenvalue weighted by Crippen LogP contribution is 2.32. The van der Waals surface area contributed by atoms with Crippen molar-refractivity contribution in [3.63, 3.8) is 0 Å². The second kappa shape index (κ2) is 6.10. The molecule has 1 N–H and O–H groups in total. The van der Waals surface area contributed by atoms with Gasteiger partial charge in [-0.15, -0.1) is 0 Å². The van der Waals surface area contributed by atoms with Crippen LogP contribution in [0.25, 0.3) is 0 Å². The number of para-hydroxylation sites is 1. The summed E-state index contributed by atoms with van der Waals surface area (Å²) >= 11 is 0. The highest BCUT2D eigenvalue weighted by molar-refractivity contribution is 7.86. The van der Waals surface area contributed by atoms with Crippen molar-refractivity contribution < 1.29 is 12.6 Å². The third kappa shape index (κ3) is 3.15. The number of anilines is 1. The smallest absolute Gasteiger partial charge is 0.296 e. The lowest BCUT2D eigenvalue weighted by molar-refractivity contribution is 0.285. The van der Waals surface area contributed by atoms with Gasteiger partial charge in [0.25, 0.3) is 10.1 Å². The Morgan fingerprint density at radius 1 is 1.14 bits per heavy atom. The Hall–Kier alpha value is -1.85. The van der Waals surface area contributed by atoms with Crippen molar-refractivity contribution in [2.75, 3.05) is 18.5 Å². The van der Waals surface area contributed by atoms with Crippen molar-refractivity contribution in [2.24, 2.45) is 0 Å². The number of aryl methyl sites for hydroxylation is 1. The van der Waals surface area contributed by atoms with Gasteiger partial charge in [-0.1, -0.05) is 35.9 Å². The van der Waals surface area contributed by atoms with E-state index in [-0.39, 0.29) is 17.4 Å². The number of benzene rings is 2. The Balaban J connectivity index is 1.74. The predicted molar refractivity (Wildman–Crippen MR) is 86.6 cm³/mol. The fourth-order valence-corrected chi connectivity index (χ4v) is 3.62. The molecule has 2 aromatic carbocycles. The van der Waals surface area contributed by atoms with E-state index in [0.717, 1.165) is 29.8 Å². The Morgan fingerprint density at radius 2 is 1.86 bits per heavy atom. The van der Waals surface area contributed by atoms with Crippen LogP contribution in [0, 0.1) is 6.92 Å². The Labute approximate surface area is 131 Å². The number of hydrogen-bond acceptors (Lipinski definition) is 4. The molecular weight excluding hydrogens is 298 g/mol. The van der Waals surface area contributed by atoms with Gasteiger partial charge >= 0.3 is 0 Å². The summed E-state index contributed by atoms with van der Waals surface area (Å²) in [4.78, 5) is 0.209. The van der Waals surface area contributed by atoms with Crippen LogP contribution in [0.2, 0.25) is 0 Å². The molecule has 0 bridgehead atoms. The zero-order valence-electron chi connectivity index (χ0n) is 12.5. The molecule has 0 amide bonds. The van der Waals surface area contributed by atoms with Gasteiger partial charge in [-0.2, -0.15) is 8.42 Å². The van der Waals surface area contributed by atoms with Crippen molar-refractivity contribution in [3.05, 3.63) is 59.7 Å². The largest absolute Gasteiger partial charge is 0.385 e. The molecule has 116 valence electrons. The van der Waals surface area contributed by atoms with Crippen LogP contribution in [-0.4, -0.2) is 21.6 Å². The molecule has 2 aromatic rings. The van der Waals surface area contributed by atoms with Crippen LogP contribution in [-0.2, 0) is 14.3 Å². The summed E-state index contributed by atoms with van der Waals surface area (Å²) in [5.74, 6) is 0.0951. The molecule has 0 aromatic heterocycles. The molecule has 0 radical (unpaired) electrons. The summed E-state index contributed by atoms with van der Waals surface area (Å²) in [7, 11) is -3.70. The molecule has 0 fully saturated rings. The van der Waals surface area contributed by atoms with Crippen LogP contribution in [0.3, 0.4) is 0 Å². The first-order valence-corrected chi connectivity index (χ1v) is 8.76. The van der Waals surface area contributed by atoms with E-state index >= 15 is 0 Å². The van der Waals surface area contributed by atoms with Gasteiger partial charge < -0.3 is 5.32 Å². The van der Waals surface area contributed by atoms with Gasteiger partial charge in [0, 0.05) is 18.2 Å². The minimum atomic E-state index is -3.70. The molecule has 22 heavy (non-hydrogen) atoms. The van der Waals surface area contributed by atoms with Crippen LogP contribution in [0.15, 0.2) is 53.4 Å². The first kappa shape index (κ1) is 15.1. The second-order valence-corrected chi connectivity index (χ2v) is 7.17. The Bertz CT molecular complexity index is 754. The first-order valence-electron chi connectivity index (χ1n) is 7.35. The Kier molecular flexibility index (Phi) is 4.18. The van der Waals surface area contributed by atoms with Gasteiger partial charge in [0.1, 0.15) is 0 Å². The van der Waals surface area contributed by atoms with E-state index in [2.05, 4.69) is 5.32 Å². The van der Waals surface area contributed by atoms with Gasteiger partial charge in [-0.25, -0.2) is 0 Å².